The maximum absolute atomic E-state index is 12.3. The number of benzene rings is 1. The number of hydrogen-bond acceptors (Lipinski definition) is 5. The highest BCUT2D eigenvalue weighted by molar-refractivity contribution is 5.87. The third-order valence-corrected chi connectivity index (χ3v) is 2.94. The van der Waals surface area contributed by atoms with E-state index in [1.165, 1.54) is 32.4 Å². The Labute approximate surface area is 130 Å². The zero-order chi connectivity index (χ0) is 17.6. The third-order valence-electron chi connectivity index (χ3n) is 2.94. The predicted molar refractivity (Wildman–Crippen MR) is 73.3 cm³/mol. The van der Waals surface area contributed by atoms with Gasteiger partial charge in [-0.15, -0.1) is 0 Å². The molecule has 23 heavy (non-hydrogen) atoms. The van der Waals surface area contributed by atoms with E-state index in [0.717, 1.165) is 7.11 Å². The molecular formula is C14H16F3NO5. The van der Waals surface area contributed by atoms with Crippen LogP contribution in [0.15, 0.2) is 18.2 Å². The highest BCUT2D eigenvalue weighted by atomic mass is 19.4. The molecule has 128 valence electrons. The van der Waals surface area contributed by atoms with Crippen LogP contribution in [-0.2, 0) is 20.7 Å². The fourth-order valence-corrected chi connectivity index (χ4v) is 1.82. The lowest BCUT2D eigenvalue weighted by molar-refractivity contribution is -0.175. The summed E-state index contributed by atoms with van der Waals surface area (Å²) in [4.78, 5) is 22.6. The minimum Gasteiger partial charge on any atom is -0.493 e. The smallest absolute Gasteiger partial charge is 0.471 e. The normalized spacial score (nSPS) is 12.3. The maximum Gasteiger partial charge on any atom is 0.471 e. The molecule has 0 spiro atoms. The summed E-state index contributed by atoms with van der Waals surface area (Å²) in [6, 6.07) is 3.09. The molecule has 0 heterocycles. The first kappa shape index (κ1) is 18.6. The van der Waals surface area contributed by atoms with Crippen LogP contribution >= 0.6 is 0 Å². The van der Waals surface area contributed by atoms with Crippen molar-refractivity contribution in [3.05, 3.63) is 23.8 Å². The van der Waals surface area contributed by atoms with Crippen LogP contribution in [0, 0.1) is 0 Å². The highest BCUT2D eigenvalue weighted by Gasteiger charge is 2.41. The molecule has 1 amide bonds. The summed E-state index contributed by atoms with van der Waals surface area (Å²) in [6.07, 6.45) is -5.29. The monoisotopic (exact) mass is 335 g/mol. The van der Waals surface area contributed by atoms with Crippen LogP contribution in [0.2, 0.25) is 0 Å². The van der Waals surface area contributed by atoms with Crippen molar-refractivity contribution < 1.29 is 37.0 Å². The number of esters is 1. The number of methoxy groups -OCH3 is 3. The number of rotatable bonds is 6. The van der Waals surface area contributed by atoms with Crippen molar-refractivity contribution >= 4 is 11.9 Å². The Hall–Kier alpha value is -2.45. The number of halogens is 3. The van der Waals surface area contributed by atoms with E-state index in [0.29, 0.717) is 17.1 Å². The second-order valence-electron chi connectivity index (χ2n) is 4.44. The van der Waals surface area contributed by atoms with E-state index in [1.54, 1.807) is 5.32 Å². The molecule has 0 saturated heterocycles. The number of amides is 1. The fraction of sp³-hybridized carbons (Fsp3) is 0.429. The van der Waals surface area contributed by atoms with Crippen LogP contribution in [0.25, 0.3) is 0 Å². The van der Waals surface area contributed by atoms with E-state index in [-0.39, 0.29) is 6.42 Å². The van der Waals surface area contributed by atoms with E-state index < -0.39 is 24.1 Å². The summed E-state index contributed by atoms with van der Waals surface area (Å²) in [7, 11) is 3.84. The zero-order valence-electron chi connectivity index (χ0n) is 12.7. The van der Waals surface area contributed by atoms with Gasteiger partial charge in [-0.05, 0) is 17.7 Å². The minimum absolute atomic E-state index is 0.200. The fourth-order valence-electron chi connectivity index (χ4n) is 1.82. The Morgan fingerprint density at radius 2 is 1.74 bits per heavy atom. The summed E-state index contributed by atoms with van der Waals surface area (Å²) in [5.74, 6) is -2.44. The van der Waals surface area contributed by atoms with E-state index in [4.69, 9.17) is 9.47 Å². The van der Waals surface area contributed by atoms with E-state index in [9.17, 15) is 22.8 Å². The van der Waals surface area contributed by atoms with Crippen molar-refractivity contribution in [3.8, 4) is 11.5 Å². The van der Waals surface area contributed by atoms with Crippen LogP contribution in [-0.4, -0.2) is 45.4 Å². The molecule has 0 aromatic heterocycles. The van der Waals surface area contributed by atoms with Crippen molar-refractivity contribution in [1.82, 2.24) is 5.32 Å². The van der Waals surface area contributed by atoms with Gasteiger partial charge in [-0.2, -0.15) is 13.2 Å². The summed E-state index contributed by atoms with van der Waals surface area (Å²) in [6.45, 7) is 0. The van der Waals surface area contributed by atoms with Crippen molar-refractivity contribution in [2.45, 2.75) is 18.6 Å². The molecule has 0 aliphatic carbocycles. The van der Waals surface area contributed by atoms with Crippen molar-refractivity contribution in [2.24, 2.45) is 0 Å². The van der Waals surface area contributed by atoms with Gasteiger partial charge in [0.2, 0.25) is 0 Å². The molecule has 1 aromatic carbocycles. The van der Waals surface area contributed by atoms with Crippen molar-refractivity contribution in [3.63, 3.8) is 0 Å². The Morgan fingerprint density at radius 1 is 1.13 bits per heavy atom. The maximum atomic E-state index is 12.3. The number of nitrogens with one attached hydrogen (secondary N) is 1. The van der Waals surface area contributed by atoms with Crippen LogP contribution in [0.3, 0.4) is 0 Å². The molecule has 1 atom stereocenters. The van der Waals surface area contributed by atoms with Gasteiger partial charge in [0.1, 0.15) is 6.04 Å². The predicted octanol–water partition coefficient (Wildman–Crippen LogP) is 1.47. The summed E-state index contributed by atoms with van der Waals surface area (Å²) in [5, 5.41) is 1.61. The van der Waals surface area contributed by atoms with Crippen LogP contribution in [0.4, 0.5) is 13.2 Å². The first-order valence-electron chi connectivity index (χ1n) is 6.39. The van der Waals surface area contributed by atoms with Gasteiger partial charge in [-0.25, -0.2) is 4.79 Å². The lowest BCUT2D eigenvalue weighted by atomic mass is 10.1. The Kier molecular flexibility index (Phi) is 6.23. The van der Waals surface area contributed by atoms with Crippen LogP contribution in [0.1, 0.15) is 5.56 Å². The van der Waals surface area contributed by atoms with E-state index in [2.05, 4.69) is 4.74 Å². The van der Waals surface area contributed by atoms with Gasteiger partial charge in [-0.3, -0.25) is 4.79 Å². The molecule has 0 saturated carbocycles. The second kappa shape index (κ2) is 7.70. The molecule has 0 fully saturated rings. The second-order valence-corrected chi connectivity index (χ2v) is 4.44. The van der Waals surface area contributed by atoms with Crippen molar-refractivity contribution in [2.75, 3.05) is 21.3 Å². The topological polar surface area (TPSA) is 73.9 Å². The van der Waals surface area contributed by atoms with Gasteiger partial charge in [0.15, 0.2) is 11.5 Å². The minimum atomic E-state index is -5.09. The molecule has 6 nitrogen and oxygen atoms in total. The third kappa shape index (κ3) is 5.04. The molecular weight excluding hydrogens is 319 g/mol. The first-order chi connectivity index (χ1) is 10.7. The highest BCUT2D eigenvalue weighted by Crippen LogP contribution is 2.28. The van der Waals surface area contributed by atoms with Gasteiger partial charge in [0.25, 0.3) is 0 Å². The molecule has 0 aliphatic rings. The SMILES string of the molecule is COC(=O)C(Cc1ccc(OC)c(OC)c1)NC(=O)C(F)(F)F. The molecule has 1 aromatic rings. The summed E-state index contributed by atoms with van der Waals surface area (Å²) >= 11 is 0. The van der Waals surface area contributed by atoms with Gasteiger partial charge in [0, 0.05) is 6.42 Å². The molecule has 0 radical (unpaired) electrons. The average molecular weight is 335 g/mol. The lowest BCUT2D eigenvalue weighted by Gasteiger charge is -2.18. The van der Waals surface area contributed by atoms with Crippen molar-refractivity contribution in [1.29, 1.82) is 0 Å². The van der Waals surface area contributed by atoms with Gasteiger partial charge in [-0.1, -0.05) is 6.07 Å². The van der Waals surface area contributed by atoms with Gasteiger partial charge < -0.3 is 19.5 Å². The number of alkyl halides is 3. The molecule has 1 N–H and O–H groups in total. The molecule has 9 heteroatoms. The molecule has 0 aliphatic heterocycles. The van der Waals surface area contributed by atoms with E-state index in [1.807, 2.05) is 0 Å². The molecule has 0 bridgehead atoms. The first-order valence-corrected chi connectivity index (χ1v) is 6.39. The molecule has 1 unspecified atom stereocenters. The molecule has 1 rings (SSSR count). The largest absolute Gasteiger partial charge is 0.493 e. The lowest BCUT2D eigenvalue weighted by Crippen LogP contribution is -2.48. The Morgan fingerprint density at radius 3 is 2.22 bits per heavy atom. The van der Waals surface area contributed by atoms with Gasteiger partial charge >= 0.3 is 18.1 Å². The zero-order valence-corrected chi connectivity index (χ0v) is 12.7. The number of carbonyl (C=O) groups is 2. The van der Waals surface area contributed by atoms with E-state index >= 15 is 0 Å². The number of ether oxygens (including phenoxy) is 3. The number of carbonyl (C=O) groups excluding carboxylic acids is 2. The average Bonchev–Trinajstić information content (AvgIpc) is 2.52. The summed E-state index contributed by atoms with van der Waals surface area (Å²) < 4.78 is 51.5. The Balaban J connectivity index is 2.98. The Bertz CT molecular complexity index is 574. The number of hydrogen-bond donors (Lipinski definition) is 1. The van der Waals surface area contributed by atoms with Crippen LogP contribution in [0.5, 0.6) is 11.5 Å². The summed E-state index contributed by atoms with van der Waals surface area (Å²) in [5.41, 5.74) is 0.459. The standard InChI is InChI=1S/C14H16F3NO5/c1-21-10-5-4-8(7-11(10)22-2)6-9(12(19)23-3)18-13(20)14(15,16)17/h4-5,7,9H,6H2,1-3H3,(H,18,20). The quantitative estimate of drug-likeness (QED) is 0.797. The van der Waals surface area contributed by atoms with Crippen LogP contribution < -0.4 is 14.8 Å². The van der Waals surface area contributed by atoms with Gasteiger partial charge in [0.05, 0.1) is 21.3 Å².